The highest BCUT2D eigenvalue weighted by Gasteiger charge is 2.33. The Hall–Kier alpha value is 0.0969. The van der Waals surface area contributed by atoms with Crippen LogP contribution in [0.5, 0.6) is 0 Å². The monoisotopic (exact) mass is 217 g/mol. The van der Waals surface area contributed by atoms with Gasteiger partial charge >= 0.3 is 0 Å². The van der Waals surface area contributed by atoms with E-state index in [9.17, 15) is 4.80 Å². The first-order valence-electron chi connectivity index (χ1n) is 5.58. The fourth-order valence-corrected chi connectivity index (χ4v) is 3.92. The second-order valence-electron chi connectivity index (χ2n) is 4.79. The van der Waals surface area contributed by atoms with Crippen molar-refractivity contribution in [1.82, 2.24) is 0 Å². The van der Waals surface area contributed by atoms with E-state index in [2.05, 4.69) is 0 Å². The van der Waals surface area contributed by atoms with Crippen molar-refractivity contribution < 1.29 is 9.53 Å². The predicted octanol–water partition coefficient (Wildman–Crippen LogP) is 1.47. The standard InChI is InChI=1S/C10H23NO2Si/c1-14(2,12)10-5-3-9(4-6-10)13-8-7-11/h9-10,12H,3-8,11H2,1-2H3. The topological polar surface area (TPSA) is 55.5 Å². The van der Waals surface area contributed by atoms with E-state index in [1.165, 1.54) is 0 Å². The van der Waals surface area contributed by atoms with E-state index in [0.717, 1.165) is 25.7 Å². The zero-order chi connectivity index (χ0) is 10.6. The zero-order valence-corrected chi connectivity index (χ0v) is 10.3. The fourth-order valence-electron chi connectivity index (χ4n) is 2.17. The molecule has 0 aromatic rings. The summed E-state index contributed by atoms with van der Waals surface area (Å²) >= 11 is 0. The highest BCUT2D eigenvalue weighted by atomic mass is 28.4. The summed E-state index contributed by atoms with van der Waals surface area (Å²) in [5.74, 6) is 0. The molecule has 0 radical (unpaired) electrons. The number of ether oxygens (including phenoxy) is 1. The Morgan fingerprint density at radius 3 is 2.29 bits per heavy atom. The molecule has 0 amide bonds. The van der Waals surface area contributed by atoms with Gasteiger partial charge in [-0.25, -0.2) is 0 Å². The van der Waals surface area contributed by atoms with Crippen molar-refractivity contribution >= 4 is 8.32 Å². The lowest BCUT2D eigenvalue weighted by Crippen LogP contribution is -2.36. The third kappa shape index (κ3) is 3.69. The van der Waals surface area contributed by atoms with Gasteiger partial charge < -0.3 is 15.3 Å². The molecule has 14 heavy (non-hydrogen) atoms. The second kappa shape index (κ2) is 5.26. The van der Waals surface area contributed by atoms with Crippen LogP contribution in [0.4, 0.5) is 0 Å². The normalized spacial score (nSPS) is 29.1. The van der Waals surface area contributed by atoms with Crippen LogP contribution in [0.1, 0.15) is 25.7 Å². The SMILES string of the molecule is C[Si](C)(O)C1CCC(OCCN)CC1. The van der Waals surface area contributed by atoms with Crippen LogP contribution >= 0.6 is 0 Å². The summed E-state index contributed by atoms with van der Waals surface area (Å²) in [6.45, 7) is 5.37. The molecule has 4 heteroatoms. The lowest BCUT2D eigenvalue weighted by Gasteiger charge is -2.34. The van der Waals surface area contributed by atoms with Gasteiger partial charge in [0.25, 0.3) is 0 Å². The third-order valence-electron chi connectivity index (χ3n) is 3.14. The summed E-state index contributed by atoms with van der Waals surface area (Å²) in [5.41, 5.74) is 5.95. The molecule has 3 N–H and O–H groups in total. The Kier molecular flexibility index (Phi) is 4.57. The predicted molar refractivity (Wildman–Crippen MR) is 60.7 cm³/mol. The van der Waals surface area contributed by atoms with Crippen LogP contribution < -0.4 is 5.73 Å². The zero-order valence-electron chi connectivity index (χ0n) is 9.33. The summed E-state index contributed by atoms with van der Waals surface area (Å²) in [7, 11) is -1.90. The lowest BCUT2D eigenvalue weighted by atomic mass is 9.97. The maximum atomic E-state index is 9.98. The molecule has 0 saturated heterocycles. The molecule has 0 heterocycles. The largest absolute Gasteiger partial charge is 0.432 e. The maximum absolute atomic E-state index is 9.98. The molecule has 0 bridgehead atoms. The van der Waals surface area contributed by atoms with E-state index in [1.54, 1.807) is 0 Å². The molecular formula is C10H23NO2Si. The van der Waals surface area contributed by atoms with Crippen molar-refractivity contribution in [3.63, 3.8) is 0 Å². The number of hydrogen-bond acceptors (Lipinski definition) is 3. The summed E-state index contributed by atoms with van der Waals surface area (Å²) in [5, 5.41) is 0. The summed E-state index contributed by atoms with van der Waals surface area (Å²) in [4.78, 5) is 9.98. The molecule has 1 rings (SSSR count). The molecule has 1 fully saturated rings. The number of nitrogens with two attached hydrogens (primary N) is 1. The smallest absolute Gasteiger partial charge is 0.185 e. The van der Waals surface area contributed by atoms with Gasteiger partial charge in [-0.05, 0) is 44.3 Å². The minimum atomic E-state index is -1.90. The summed E-state index contributed by atoms with van der Waals surface area (Å²) in [6, 6.07) is 0. The second-order valence-corrected chi connectivity index (χ2v) is 8.91. The van der Waals surface area contributed by atoms with Gasteiger partial charge in [-0.3, -0.25) is 0 Å². The van der Waals surface area contributed by atoms with E-state index in [1.807, 2.05) is 13.1 Å². The molecule has 1 aliphatic carbocycles. The molecule has 3 nitrogen and oxygen atoms in total. The average Bonchev–Trinajstić information content (AvgIpc) is 2.14. The Morgan fingerprint density at radius 2 is 1.86 bits per heavy atom. The molecule has 0 aromatic heterocycles. The van der Waals surface area contributed by atoms with Crippen molar-refractivity contribution in [1.29, 1.82) is 0 Å². The van der Waals surface area contributed by atoms with E-state index >= 15 is 0 Å². The first kappa shape index (κ1) is 12.2. The number of rotatable bonds is 4. The minimum Gasteiger partial charge on any atom is -0.432 e. The summed E-state index contributed by atoms with van der Waals surface area (Å²) < 4.78 is 5.60. The molecule has 0 aliphatic heterocycles. The van der Waals surface area contributed by atoms with Crippen LogP contribution in [-0.2, 0) is 4.74 Å². The third-order valence-corrected chi connectivity index (χ3v) is 5.72. The van der Waals surface area contributed by atoms with Gasteiger partial charge in [0.1, 0.15) is 0 Å². The van der Waals surface area contributed by atoms with Crippen molar-refractivity contribution in [3.05, 3.63) is 0 Å². The van der Waals surface area contributed by atoms with Crippen LogP contribution in [0.15, 0.2) is 0 Å². The fraction of sp³-hybridized carbons (Fsp3) is 1.00. The van der Waals surface area contributed by atoms with Gasteiger partial charge in [0, 0.05) is 6.54 Å². The van der Waals surface area contributed by atoms with Crippen LogP contribution in [0.25, 0.3) is 0 Å². The minimum absolute atomic E-state index is 0.395. The van der Waals surface area contributed by atoms with E-state index in [0.29, 0.717) is 24.8 Å². The molecule has 1 saturated carbocycles. The molecule has 0 spiro atoms. The summed E-state index contributed by atoms with van der Waals surface area (Å²) in [6.07, 6.45) is 4.85. The Balaban J connectivity index is 2.24. The first-order chi connectivity index (χ1) is 6.54. The van der Waals surface area contributed by atoms with Gasteiger partial charge in [-0.1, -0.05) is 0 Å². The highest BCUT2D eigenvalue weighted by Crippen LogP contribution is 2.36. The van der Waals surface area contributed by atoms with Crippen LogP contribution in [0, 0.1) is 0 Å². The maximum Gasteiger partial charge on any atom is 0.185 e. The molecule has 0 aromatic carbocycles. The molecule has 84 valence electrons. The first-order valence-corrected chi connectivity index (χ1v) is 8.60. The van der Waals surface area contributed by atoms with Gasteiger partial charge in [-0.2, -0.15) is 0 Å². The Labute approximate surface area is 87.8 Å². The van der Waals surface area contributed by atoms with Crippen molar-refractivity contribution in [2.75, 3.05) is 13.2 Å². The molecular weight excluding hydrogens is 194 g/mol. The van der Waals surface area contributed by atoms with E-state index in [-0.39, 0.29) is 0 Å². The lowest BCUT2D eigenvalue weighted by molar-refractivity contribution is 0.0322. The van der Waals surface area contributed by atoms with Crippen molar-refractivity contribution in [3.8, 4) is 0 Å². The number of hydrogen-bond donors (Lipinski definition) is 2. The Morgan fingerprint density at radius 1 is 1.29 bits per heavy atom. The van der Waals surface area contributed by atoms with Gasteiger partial charge in [0.15, 0.2) is 8.32 Å². The van der Waals surface area contributed by atoms with Crippen LogP contribution in [0.2, 0.25) is 18.6 Å². The quantitative estimate of drug-likeness (QED) is 0.701. The van der Waals surface area contributed by atoms with Gasteiger partial charge in [0.05, 0.1) is 12.7 Å². The molecule has 1 aliphatic rings. The Bertz CT molecular complexity index is 162. The van der Waals surface area contributed by atoms with Crippen molar-refractivity contribution in [2.45, 2.75) is 50.4 Å². The highest BCUT2D eigenvalue weighted by molar-refractivity contribution is 6.71. The van der Waals surface area contributed by atoms with E-state index in [4.69, 9.17) is 10.5 Å². The van der Waals surface area contributed by atoms with Gasteiger partial charge in [-0.15, -0.1) is 0 Å². The van der Waals surface area contributed by atoms with Gasteiger partial charge in [0.2, 0.25) is 0 Å². The molecule has 0 atom stereocenters. The van der Waals surface area contributed by atoms with Crippen LogP contribution in [0.3, 0.4) is 0 Å². The van der Waals surface area contributed by atoms with Crippen molar-refractivity contribution in [2.24, 2.45) is 5.73 Å². The van der Waals surface area contributed by atoms with Crippen LogP contribution in [-0.4, -0.2) is 32.4 Å². The molecule has 0 unspecified atom stereocenters. The van der Waals surface area contributed by atoms with E-state index < -0.39 is 8.32 Å². The average molecular weight is 217 g/mol.